The van der Waals surface area contributed by atoms with Gasteiger partial charge in [0.15, 0.2) is 5.69 Å². The minimum Gasteiger partial charge on any atom is -0.450 e. The lowest BCUT2D eigenvalue weighted by atomic mass is 10.2. The minimum absolute atomic E-state index is 0.167. The fourth-order valence-corrected chi connectivity index (χ4v) is 2.62. The predicted molar refractivity (Wildman–Crippen MR) is 98.2 cm³/mol. The molecule has 0 aromatic carbocycles. The van der Waals surface area contributed by atoms with Crippen LogP contribution in [0.5, 0.6) is 0 Å². The highest BCUT2D eigenvalue weighted by Gasteiger charge is 2.26. The third-order valence-electron chi connectivity index (χ3n) is 4.06. The van der Waals surface area contributed by atoms with E-state index in [4.69, 9.17) is 4.74 Å². The summed E-state index contributed by atoms with van der Waals surface area (Å²) in [6.07, 6.45) is 0.671. The molecule has 9 nitrogen and oxygen atoms in total. The van der Waals surface area contributed by atoms with E-state index >= 15 is 0 Å². The van der Waals surface area contributed by atoms with Crippen LogP contribution < -0.4 is 5.32 Å². The molecule has 2 heterocycles. The number of hydrogen-bond acceptors (Lipinski definition) is 7. The molecule has 2 amide bonds. The van der Waals surface area contributed by atoms with Crippen molar-refractivity contribution >= 4 is 17.8 Å². The highest BCUT2D eigenvalue weighted by Crippen LogP contribution is 2.09. The van der Waals surface area contributed by atoms with E-state index in [0.717, 1.165) is 19.5 Å². The number of carbonyl (C=O) groups is 2. The molecule has 0 radical (unpaired) electrons. The zero-order valence-corrected chi connectivity index (χ0v) is 15.8. The molecule has 0 saturated carbocycles. The van der Waals surface area contributed by atoms with Gasteiger partial charge in [-0.2, -0.15) is 0 Å². The number of hydrogen-bond donors (Lipinski definition) is 1. The Morgan fingerprint density at radius 3 is 2.42 bits per heavy atom. The largest absolute Gasteiger partial charge is 0.450 e. The van der Waals surface area contributed by atoms with Crippen molar-refractivity contribution in [2.24, 2.45) is 0 Å². The van der Waals surface area contributed by atoms with Crippen LogP contribution >= 0.6 is 0 Å². The minimum atomic E-state index is -0.330. The Morgan fingerprint density at radius 2 is 1.85 bits per heavy atom. The van der Waals surface area contributed by atoms with Gasteiger partial charge in [-0.05, 0) is 46.1 Å². The monoisotopic (exact) mass is 364 g/mol. The maximum Gasteiger partial charge on any atom is 0.409 e. The molecule has 1 saturated heterocycles. The topological polar surface area (TPSA) is 90.9 Å². The van der Waals surface area contributed by atoms with E-state index in [-0.39, 0.29) is 12.0 Å². The SMILES string of the molecule is CCOC(=O)N1CCN(C(=O)c2ccc(NCCCN(C)C)nn2)CC1. The molecular formula is C17H28N6O3. The van der Waals surface area contributed by atoms with Crippen LogP contribution in [0.1, 0.15) is 23.8 Å². The van der Waals surface area contributed by atoms with Gasteiger partial charge in [0.1, 0.15) is 5.82 Å². The van der Waals surface area contributed by atoms with E-state index in [1.165, 1.54) is 0 Å². The summed E-state index contributed by atoms with van der Waals surface area (Å²) >= 11 is 0. The van der Waals surface area contributed by atoms with Gasteiger partial charge in [0, 0.05) is 32.7 Å². The third kappa shape index (κ3) is 5.83. The van der Waals surface area contributed by atoms with Crippen LogP contribution in [0, 0.1) is 0 Å². The Hall–Kier alpha value is -2.42. The summed E-state index contributed by atoms with van der Waals surface area (Å²) in [7, 11) is 4.07. The van der Waals surface area contributed by atoms with Gasteiger partial charge in [0.25, 0.3) is 5.91 Å². The van der Waals surface area contributed by atoms with Crippen molar-refractivity contribution in [1.82, 2.24) is 24.9 Å². The molecule has 9 heteroatoms. The van der Waals surface area contributed by atoms with Crippen LogP contribution in [0.2, 0.25) is 0 Å². The summed E-state index contributed by atoms with van der Waals surface area (Å²) in [5.74, 6) is 0.493. The number of anilines is 1. The van der Waals surface area contributed by atoms with Gasteiger partial charge in [-0.3, -0.25) is 4.79 Å². The fourth-order valence-electron chi connectivity index (χ4n) is 2.62. The molecule has 0 aliphatic carbocycles. The number of piperazine rings is 1. The first-order chi connectivity index (χ1) is 12.5. The Labute approximate surface area is 154 Å². The second-order valence-corrected chi connectivity index (χ2v) is 6.37. The van der Waals surface area contributed by atoms with Gasteiger partial charge < -0.3 is 24.8 Å². The Bertz CT molecular complexity index is 585. The van der Waals surface area contributed by atoms with Crippen LogP contribution in [0.3, 0.4) is 0 Å². The second-order valence-electron chi connectivity index (χ2n) is 6.37. The summed E-state index contributed by atoms with van der Waals surface area (Å²) in [6.45, 7) is 5.77. The molecule has 1 N–H and O–H groups in total. The van der Waals surface area contributed by atoms with Gasteiger partial charge in [-0.15, -0.1) is 10.2 Å². The van der Waals surface area contributed by atoms with E-state index in [0.29, 0.717) is 44.3 Å². The van der Waals surface area contributed by atoms with Gasteiger partial charge >= 0.3 is 6.09 Å². The van der Waals surface area contributed by atoms with Gasteiger partial charge in [0.2, 0.25) is 0 Å². The maximum atomic E-state index is 12.5. The molecule has 1 aromatic heterocycles. The summed E-state index contributed by atoms with van der Waals surface area (Å²) < 4.78 is 4.98. The molecule has 0 spiro atoms. The molecule has 0 atom stereocenters. The van der Waals surface area contributed by atoms with Crippen LogP contribution in [-0.2, 0) is 4.74 Å². The number of aromatic nitrogens is 2. The van der Waals surface area contributed by atoms with Crippen LogP contribution in [0.25, 0.3) is 0 Å². The third-order valence-corrected chi connectivity index (χ3v) is 4.06. The van der Waals surface area contributed by atoms with Crippen molar-refractivity contribution in [2.45, 2.75) is 13.3 Å². The molecule has 144 valence electrons. The lowest BCUT2D eigenvalue weighted by Crippen LogP contribution is -2.50. The highest BCUT2D eigenvalue weighted by molar-refractivity contribution is 5.92. The average Bonchev–Trinajstić information content (AvgIpc) is 2.65. The first-order valence-electron chi connectivity index (χ1n) is 8.94. The first-order valence-corrected chi connectivity index (χ1v) is 8.94. The van der Waals surface area contributed by atoms with E-state index in [2.05, 4.69) is 20.4 Å². The molecule has 2 rings (SSSR count). The Kier molecular flexibility index (Phi) is 7.58. The van der Waals surface area contributed by atoms with Gasteiger partial charge in [-0.1, -0.05) is 0 Å². The first kappa shape index (κ1) is 19.9. The van der Waals surface area contributed by atoms with Crippen molar-refractivity contribution in [2.75, 3.05) is 65.3 Å². The standard InChI is InChI=1S/C17H28N6O3/c1-4-26-17(25)23-12-10-22(11-13-23)16(24)14-6-7-15(20-19-14)18-8-5-9-21(2)3/h6-7H,4-5,8-13H2,1-3H3,(H,18,20). The van der Waals surface area contributed by atoms with E-state index in [9.17, 15) is 9.59 Å². The highest BCUT2D eigenvalue weighted by atomic mass is 16.6. The van der Waals surface area contributed by atoms with Crippen LogP contribution in [0.4, 0.5) is 10.6 Å². The molecule has 0 bridgehead atoms. The Morgan fingerprint density at radius 1 is 1.15 bits per heavy atom. The molecule has 1 aliphatic rings. The smallest absolute Gasteiger partial charge is 0.409 e. The Balaban J connectivity index is 1.80. The number of amides is 2. The predicted octanol–water partition coefficient (Wildman–Crippen LogP) is 0.755. The van der Waals surface area contributed by atoms with Crippen LogP contribution in [-0.4, -0.2) is 96.9 Å². The molecular weight excluding hydrogens is 336 g/mol. The molecule has 1 aliphatic heterocycles. The van der Waals surface area contributed by atoms with E-state index in [1.807, 2.05) is 14.1 Å². The van der Waals surface area contributed by atoms with E-state index in [1.54, 1.807) is 28.9 Å². The van der Waals surface area contributed by atoms with Crippen molar-refractivity contribution in [3.63, 3.8) is 0 Å². The summed E-state index contributed by atoms with van der Waals surface area (Å²) in [5.41, 5.74) is 0.313. The van der Waals surface area contributed by atoms with Gasteiger partial charge in [-0.25, -0.2) is 4.79 Å². The van der Waals surface area contributed by atoms with Crippen molar-refractivity contribution in [3.05, 3.63) is 17.8 Å². The lowest BCUT2D eigenvalue weighted by molar-refractivity contribution is 0.0565. The van der Waals surface area contributed by atoms with E-state index < -0.39 is 0 Å². The molecule has 1 aromatic rings. The molecule has 0 unspecified atom stereocenters. The number of nitrogens with zero attached hydrogens (tertiary/aromatic N) is 5. The number of nitrogens with one attached hydrogen (secondary N) is 1. The number of rotatable bonds is 7. The summed E-state index contributed by atoms with van der Waals surface area (Å²) in [5, 5.41) is 11.3. The summed E-state index contributed by atoms with van der Waals surface area (Å²) in [4.78, 5) is 29.6. The zero-order valence-electron chi connectivity index (χ0n) is 15.8. The number of carbonyl (C=O) groups excluding carboxylic acids is 2. The maximum absolute atomic E-state index is 12.5. The molecule has 26 heavy (non-hydrogen) atoms. The van der Waals surface area contributed by atoms with Crippen LogP contribution in [0.15, 0.2) is 12.1 Å². The van der Waals surface area contributed by atoms with Crippen molar-refractivity contribution < 1.29 is 14.3 Å². The average molecular weight is 364 g/mol. The number of ether oxygens (including phenoxy) is 1. The zero-order chi connectivity index (χ0) is 18.9. The summed E-state index contributed by atoms with van der Waals surface area (Å²) in [6, 6.07) is 3.45. The fraction of sp³-hybridized carbons (Fsp3) is 0.647. The van der Waals surface area contributed by atoms with Gasteiger partial charge in [0.05, 0.1) is 6.61 Å². The quantitative estimate of drug-likeness (QED) is 0.714. The van der Waals surface area contributed by atoms with Crippen molar-refractivity contribution in [3.8, 4) is 0 Å². The van der Waals surface area contributed by atoms with Crippen molar-refractivity contribution in [1.29, 1.82) is 0 Å². The lowest BCUT2D eigenvalue weighted by Gasteiger charge is -2.33. The molecule has 1 fully saturated rings. The normalized spacial score (nSPS) is 14.5. The second kappa shape index (κ2) is 9.91.